The van der Waals surface area contributed by atoms with Crippen LogP contribution in [-0.2, 0) is 0 Å². The van der Waals surface area contributed by atoms with Gasteiger partial charge in [-0.2, -0.15) is 0 Å². The third-order valence-corrected chi connectivity index (χ3v) is 3.64. The molecule has 1 aliphatic heterocycles. The Labute approximate surface area is 98.0 Å². The van der Waals surface area contributed by atoms with Gasteiger partial charge in [-0.25, -0.2) is 0 Å². The molecule has 1 N–H and O–H groups in total. The maximum absolute atomic E-state index is 3.55. The van der Waals surface area contributed by atoms with Crippen LogP contribution in [0.1, 0.15) is 18.4 Å². The van der Waals surface area contributed by atoms with E-state index in [1.54, 1.807) is 0 Å². The molecule has 2 heteroatoms. The topological polar surface area (TPSA) is 12.0 Å². The number of hydrogen-bond acceptors (Lipinski definition) is 1. The normalized spacial score (nSPS) is 27.3. The van der Waals surface area contributed by atoms with Crippen molar-refractivity contribution >= 4 is 21.6 Å². The van der Waals surface area contributed by atoms with Crippen LogP contribution in [0.4, 0.5) is 5.69 Å². The first kappa shape index (κ1) is 9.22. The first-order valence-corrected chi connectivity index (χ1v) is 6.00. The fourth-order valence-electron chi connectivity index (χ4n) is 2.52. The second-order valence-electron chi connectivity index (χ2n) is 4.20. The van der Waals surface area contributed by atoms with E-state index in [1.807, 2.05) is 0 Å². The van der Waals surface area contributed by atoms with Crippen LogP contribution in [0.5, 0.6) is 0 Å². The van der Waals surface area contributed by atoms with E-state index in [9.17, 15) is 0 Å². The molecule has 1 aromatic carbocycles. The van der Waals surface area contributed by atoms with Crippen LogP contribution in [0, 0.1) is 5.92 Å². The van der Waals surface area contributed by atoms with E-state index < -0.39 is 0 Å². The van der Waals surface area contributed by atoms with Gasteiger partial charge in [0.25, 0.3) is 0 Å². The summed E-state index contributed by atoms with van der Waals surface area (Å²) in [5.41, 5.74) is 4.00. The molecule has 2 unspecified atom stereocenters. The van der Waals surface area contributed by atoms with Crippen LogP contribution in [0.3, 0.4) is 0 Å². The van der Waals surface area contributed by atoms with Crippen LogP contribution in [0.25, 0.3) is 0 Å². The van der Waals surface area contributed by atoms with Crippen molar-refractivity contribution in [3.05, 3.63) is 52.2 Å². The molecule has 0 bridgehead atoms. The molecule has 2 atom stereocenters. The Morgan fingerprint density at radius 3 is 2.93 bits per heavy atom. The van der Waals surface area contributed by atoms with Crippen LogP contribution in [-0.4, -0.2) is 0 Å². The summed E-state index contributed by atoms with van der Waals surface area (Å²) >= 11 is 3.55. The summed E-state index contributed by atoms with van der Waals surface area (Å²) in [6.07, 6.45) is 4.46. The van der Waals surface area contributed by atoms with E-state index in [0.717, 1.165) is 0 Å². The standard InChI is InChI=1S/C13H12BrN/c1-8-6-9(14)7-12-13(8)10-4-2-3-5-11(10)15-12/h2-8,13,15H,1H3. The second-order valence-corrected chi connectivity index (χ2v) is 5.12. The highest BCUT2D eigenvalue weighted by Crippen LogP contribution is 2.46. The number of rotatable bonds is 0. The lowest BCUT2D eigenvalue weighted by Crippen LogP contribution is -2.12. The molecular weight excluding hydrogens is 250 g/mol. The molecule has 0 spiro atoms. The van der Waals surface area contributed by atoms with Gasteiger partial charge in [-0.05, 0) is 23.6 Å². The van der Waals surface area contributed by atoms with Gasteiger partial charge in [-0.15, -0.1) is 0 Å². The fourth-order valence-corrected chi connectivity index (χ4v) is 3.18. The first-order valence-electron chi connectivity index (χ1n) is 5.20. The zero-order valence-electron chi connectivity index (χ0n) is 8.50. The molecule has 2 aliphatic rings. The SMILES string of the molecule is CC1C=C(Br)C=C2Nc3ccccc3C21. The van der Waals surface area contributed by atoms with Crippen molar-refractivity contribution in [3.63, 3.8) is 0 Å². The van der Waals surface area contributed by atoms with Gasteiger partial charge in [0.2, 0.25) is 0 Å². The molecule has 1 heterocycles. The van der Waals surface area contributed by atoms with Gasteiger partial charge in [0.05, 0.1) is 0 Å². The lowest BCUT2D eigenvalue weighted by molar-refractivity contribution is 0.624. The average molecular weight is 262 g/mol. The summed E-state index contributed by atoms with van der Waals surface area (Å²) in [5, 5.41) is 3.49. The Balaban J connectivity index is 2.13. The number of para-hydroxylation sites is 1. The summed E-state index contributed by atoms with van der Waals surface area (Å²) < 4.78 is 1.18. The predicted octanol–water partition coefficient (Wildman–Crippen LogP) is 4.01. The molecule has 0 amide bonds. The zero-order chi connectivity index (χ0) is 10.4. The molecule has 1 aromatic rings. The molecule has 0 saturated heterocycles. The Bertz CT molecular complexity index is 473. The van der Waals surface area contributed by atoms with Gasteiger partial charge in [0.1, 0.15) is 0 Å². The smallest absolute Gasteiger partial charge is 0.0421 e. The van der Waals surface area contributed by atoms with E-state index in [2.05, 4.69) is 64.6 Å². The lowest BCUT2D eigenvalue weighted by atomic mass is 9.84. The highest BCUT2D eigenvalue weighted by Gasteiger charge is 2.32. The van der Waals surface area contributed by atoms with E-state index in [0.29, 0.717) is 11.8 Å². The van der Waals surface area contributed by atoms with Gasteiger partial charge in [-0.1, -0.05) is 47.1 Å². The fraction of sp³-hybridized carbons (Fsp3) is 0.231. The monoisotopic (exact) mass is 261 g/mol. The first-order chi connectivity index (χ1) is 7.25. The van der Waals surface area contributed by atoms with Crippen molar-refractivity contribution in [3.8, 4) is 0 Å². The number of hydrogen-bond donors (Lipinski definition) is 1. The number of halogens is 1. The summed E-state index contributed by atoms with van der Waals surface area (Å²) in [4.78, 5) is 0. The highest BCUT2D eigenvalue weighted by atomic mass is 79.9. The van der Waals surface area contributed by atoms with Gasteiger partial charge in [-0.3, -0.25) is 0 Å². The minimum absolute atomic E-state index is 0.516. The largest absolute Gasteiger partial charge is 0.358 e. The van der Waals surface area contributed by atoms with Crippen molar-refractivity contribution in [2.45, 2.75) is 12.8 Å². The highest BCUT2D eigenvalue weighted by molar-refractivity contribution is 9.11. The quantitative estimate of drug-likeness (QED) is 0.744. The van der Waals surface area contributed by atoms with Gasteiger partial charge in [0, 0.05) is 21.8 Å². The van der Waals surface area contributed by atoms with Crippen LogP contribution in [0.15, 0.2) is 46.6 Å². The molecular formula is C13H12BrN. The number of allylic oxidation sites excluding steroid dienone is 4. The Kier molecular flexibility index (Phi) is 1.99. The van der Waals surface area contributed by atoms with Crippen molar-refractivity contribution in [2.24, 2.45) is 5.92 Å². The number of nitrogens with one attached hydrogen (secondary N) is 1. The summed E-state index contributed by atoms with van der Waals surface area (Å²) in [6, 6.07) is 8.56. The van der Waals surface area contributed by atoms with Gasteiger partial charge < -0.3 is 5.32 Å². The number of anilines is 1. The molecule has 0 radical (unpaired) electrons. The van der Waals surface area contributed by atoms with Crippen molar-refractivity contribution in [1.29, 1.82) is 0 Å². The van der Waals surface area contributed by atoms with Crippen molar-refractivity contribution in [2.75, 3.05) is 5.32 Å². The van der Waals surface area contributed by atoms with Gasteiger partial charge in [0.15, 0.2) is 0 Å². The summed E-state index contributed by atoms with van der Waals surface area (Å²) in [6.45, 7) is 2.27. The molecule has 15 heavy (non-hydrogen) atoms. The molecule has 0 fully saturated rings. The lowest BCUT2D eigenvalue weighted by Gasteiger charge is -2.22. The van der Waals surface area contributed by atoms with E-state index in [4.69, 9.17) is 0 Å². The number of benzene rings is 1. The van der Waals surface area contributed by atoms with E-state index >= 15 is 0 Å². The zero-order valence-corrected chi connectivity index (χ0v) is 10.1. The Morgan fingerprint density at radius 2 is 2.07 bits per heavy atom. The number of fused-ring (bicyclic) bond motifs is 3. The van der Waals surface area contributed by atoms with Crippen LogP contribution in [0.2, 0.25) is 0 Å². The molecule has 76 valence electrons. The molecule has 0 saturated carbocycles. The minimum atomic E-state index is 0.516. The predicted molar refractivity (Wildman–Crippen MR) is 67.1 cm³/mol. The van der Waals surface area contributed by atoms with Gasteiger partial charge >= 0.3 is 0 Å². The molecule has 3 rings (SSSR count). The molecule has 0 aromatic heterocycles. The minimum Gasteiger partial charge on any atom is -0.358 e. The van der Waals surface area contributed by atoms with E-state index in [1.165, 1.54) is 21.4 Å². The maximum Gasteiger partial charge on any atom is 0.0421 e. The van der Waals surface area contributed by atoms with Crippen molar-refractivity contribution < 1.29 is 0 Å². The third kappa shape index (κ3) is 1.36. The summed E-state index contributed by atoms with van der Waals surface area (Å²) in [5.74, 6) is 1.07. The molecule has 1 nitrogen and oxygen atoms in total. The van der Waals surface area contributed by atoms with E-state index in [-0.39, 0.29) is 0 Å². The maximum atomic E-state index is 3.55. The Morgan fingerprint density at radius 1 is 1.27 bits per heavy atom. The van der Waals surface area contributed by atoms with Crippen LogP contribution >= 0.6 is 15.9 Å². The Hall–Kier alpha value is -1.02. The average Bonchev–Trinajstić information content (AvgIpc) is 2.54. The second kappa shape index (κ2) is 3.24. The summed E-state index contributed by atoms with van der Waals surface area (Å²) in [7, 11) is 0. The van der Waals surface area contributed by atoms with Crippen molar-refractivity contribution in [1.82, 2.24) is 0 Å². The molecule has 1 aliphatic carbocycles. The van der Waals surface area contributed by atoms with Crippen LogP contribution < -0.4 is 5.32 Å². The third-order valence-electron chi connectivity index (χ3n) is 3.15.